The predicted molar refractivity (Wildman–Crippen MR) is 73.8 cm³/mol. The van der Waals surface area contributed by atoms with Crippen LogP contribution in [0.15, 0.2) is 29.4 Å². The third-order valence-corrected chi connectivity index (χ3v) is 4.46. The van der Waals surface area contributed by atoms with Gasteiger partial charge in [0.2, 0.25) is 0 Å². The van der Waals surface area contributed by atoms with Gasteiger partial charge in [-0.25, -0.2) is 8.42 Å². The summed E-state index contributed by atoms with van der Waals surface area (Å²) in [5.74, 6) is 0. The van der Waals surface area contributed by atoms with Gasteiger partial charge in [0.25, 0.3) is 10.0 Å². The fraction of sp³-hybridized carbons (Fsp3) is 0.333. The van der Waals surface area contributed by atoms with Crippen LogP contribution in [0.25, 0.3) is 0 Å². The molecule has 0 aliphatic rings. The second-order valence-electron chi connectivity index (χ2n) is 4.29. The van der Waals surface area contributed by atoms with Gasteiger partial charge in [0.15, 0.2) is 0 Å². The molecule has 8 heteroatoms. The average Bonchev–Trinajstić information content (AvgIpc) is 2.66. The van der Waals surface area contributed by atoms with Gasteiger partial charge in [-0.15, -0.1) is 0 Å². The van der Waals surface area contributed by atoms with E-state index in [0.29, 0.717) is 17.1 Å². The van der Waals surface area contributed by atoms with E-state index in [-0.39, 0.29) is 18.0 Å². The molecule has 2 heterocycles. The molecule has 0 saturated carbocycles. The second-order valence-corrected chi connectivity index (χ2v) is 5.91. The van der Waals surface area contributed by atoms with Crippen molar-refractivity contribution in [2.75, 3.05) is 11.3 Å². The van der Waals surface area contributed by atoms with Gasteiger partial charge >= 0.3 is 0 Å². The first-order chi connectivity index (χ1) is 9.45. The average molecular weight is 296 g/mol. The molecule has 0 aromatic carbocycles. The van der Waals surface area contributed by atoms with Crippen LogP contribution in [0.3, 0.4) is 0 Å². The number of rotatable bonds is 5. The monoisotopic (exact) mass is 296 g/mol. The normalized spacial score (nSPS) is 11.6. The molecule has 2 aromatic heterocycles. The molecule has 0 unspecified atom stereocenters. The van der Waals surface area contributed by atoms with Crippen molar-refractivity contribution in [1.29, 1.82) is 0 Å². The minimum absolute atomic E-state index is 0.0980. The summed E-state index contributed by atoms with van der Waals surface area (Å²) >= 11 is 0. The fourth-order valence-electron chi connectivity index (χ4n) is 2.01. The lowest BCUT2D eigenvalue weighted by Gasteiger charge is -2.08. The number of aliphatic hydroxyl groups is 1. The van der Waals surface area contributed by atoms with Crippen molar-refractivity contribution in [2.24, 2.45) is 0 Å². The smallest absolute Gasteiger partial charge is 0.265 e. The first kappa shape index (κ1) is 14.5. The van der Waals surface area contributed by atoms with Gasteiger partial charge in [0.05, 0.1) is 30.2 Å². The zero-order valence-corrected chi connectivity index (χ0v) is 12.1. The molecule has 108 valence electrons. The molecule has 0 fully saturated rings. The maximum absolute atomic E-state index is 12.4. The van der Waals surface area contributed by atoms with Crippen molar-refractivity contribution in [3.8, 4) is 0 Å². The molecule has 0 saturated heterocycles. The number of aliphatic hydroxyl groups excluding tert-OH is 1. The van der Waals surface area contributed by atoms with Crippen molar-refractivity contribution in [3.05, 3.63) is 35.9 Å². The highest BCUT2D eigenvalue weighted by atomic mass is 32.2. The molecule has 7 nitrogen and oxygen atoms in total. The number of hydrogen-bond donors (Lipinski definition) is 2. The van der Waals surface area contributed by atoms with E-state index >= 15 is 0 Å². The Morgan fingerprint density at radius 1 is 1.30 bits per heavy atom. The van der Waals surface area contributed by atoms with E-state index in [4.69, 9.17) is 5.11 Å². The van der Waals surface area contributed by atoms with Crippen molar-refractivity contribution in [2.45, 2.75) is 25.3 Å². The first-order valence-electron chi connectivity index (χ1n) is 6.03. The number of aryl methyl sites for hydroxylation is 1. The highest BCUT2D eigenvalue weighted by Gasteiger charge is 2.24. The summed E-state index contributed by atoms with van der Waals surface area (Å²) in [6.07, 6.45) is 3.01. The maximum atomic E-state index is 12.4. The molecular formula is C12H16N4O3S. The van der Waals surface area contributed by atoms with Gasteiger partial charge in [-0.2, -0.15) is 5.10 Å². The van der Waals surface area contributed by atoms with Crippen LogP contribution < -0.4 is 4.72 Å². The zero-order chi connectivity index (χ0) is 14.8. The van der Waals surface area contributed by atoms with Crippen LogP contribution in [0.2, 0.25) is 0 Å². The molecule has 20 heavy (non-hydrogen) atoms. The highest BCUT2D eigenvalue weighted by Crippen LogP contribution is 2.22. The number of nitrogens with one attached hydrogen (secondary N) is 1. The molecule has 2 rings (SSSR count). The van der Waals surface area contributed by atoms with Crippen LogP contribution in [-0.4, -0.2) is 34.9 Å². The number of hydrogen-bond acceptors (Lipinski definition) is 5. The highest BCUT2D eigenvalue weighted by molar-refractivity contribution is 7.92. The topological polar surface area (TPSA) is 97.1 Å². The second kappa shape index (κ2) is 5.59. The number of aromatic nitrogens is 3. The Kier molecular flexibility index (Phi) is 4.05. The van der Waals surface area contributed by atoms with Crippen molar-refractivity contribution < 1.29 is 13.5 Å². The number of pyridine rings is 1. The molecule has 0 aliphatic carbocycles. The van der Waals surface area contributed by atoms with Crippen LogP contribution in [-0.2, 0) is 16.6 Å². The summed E-state index contributed by atoms with van der Waals surface area (Å²) in [6, 6.07) is 3.14. The molecule has 2 aromatic rings. The van der Waals surface area contributed by atoms with Crippen LogP contribution in [0.1, 0.15) is 11.4 Å². The third-order valence-electron chi connectivity index (χ3n) is 2.83. The van der Waals surface area contributed by atoms with E-state index in [2.05, 4.69) is 14.8 Å². The van der Waals surface area contributed by atoms with E-state index in [0.717, 1.165) is 0 Å². The van der Waals surface area contributed by atoms with E-state index in [1.54, 1.807) is 26.0 Å². The lowest BCUT2D eigenvalue weighted by Crippen LogP contribution is -2.15. The number of sulfonamides is 1. The summed E-state index contributed by atoms with van der Waals surface area (Å²) in [7, 11) is -3.71. The summed E-state index contributed by atoms with van der Waals surface area (Å²) in [4.78, 5) is 3.97. The van der Waals surface area contributed by atoms with Crippen molar-refractivity contribution in [1.82, 2.24) is 14.8 Å². The summed E-state index contributed by atoms with van der Waals surface area (Å²) in [5.41, 5.74) is 1.34. The maximum Gasteiger partial charge on any atom is 0.265 e. The van der Waals surface area contributed by atoms with Crippen LogP contribution in [0.5, 0.6) is 0 Å². The molecule has 0 spiro atoms. The van der Waals surface area contributed by atoms with Gasteiger partial charge < -0.3 is 5.11 Å². The fourth-order valence-corrected chi connectivity index (χ4v) is 3.48. The van der Waals surface area contributed by atoms with E-state index in [1.807, 2.05) is 0 Å². The molecule has 2 N–H and O–H groups in total. The third kappa shape index (κ3) is 2.81. The van der Waals surface area contributed by atoms with E-state index in [1.165, 1.54) is 17.1 Å². The minimum atomic E-state index is -3.71. The predicted octanol–water partition coefficient (Wildman–Crippen LogP) is 0.688. The molecule has 0 atom stereocenters. The molecule has 0 amide bonds. The van der Waals surface area contributed by atoms with Crippen LogP contribution >= 0.6 is 0 Å². The van der Waals surface area contributed by atoms with E-state index in [9.17, 15) is 8.42 Å². The Bertz CT molecular complexity index is 695. The van der Waals surface area contributed by atoms with Crippen LogP contribution in [0, 0.1) is 13.8 Å². The Labute approximate surface area is 117 Å². The Hall–Kier alpha value is -1.93. The Morgan fingerprint density at radius 3 is 2.55 bits per heavy atom. The standard InChI is InChI=1S/C12H16N4O3S/c1-9-12(10(2)16(14-9)7-8-17)20(18,19)15-11-3-5-13-6-4-11/h3-6,17H,7-8H2,1-2H3,(H,13,15). The largest absolute Gasteiger partial charge is 0.394 e. The van der Waals surface area contributed by atoms with Gasteiger partial charge in [-0.1, -0.05) is 0 Å². The SMILES string of the molecule is Cc1nn(CCO)c(C)c1S(=O)(=O)Nc1ccncc1. The Morgan fingerprint density at radius 2 is 1.95 bits per heavy atom. The summed E-state index contributed by atoms with van der Waals surface area (Å²) in [6.45, 7) is 3.45. The summed E-state index contributed by atoms with van der Waals surface area (Å²) < 4.78 is 28.8. The van der Waals surface area contributed by atoms with Crippen LogP contribution in [0.4, 0.5) is 5.69 Å². The lowest BCUT2D eigenvalue weighted by atomic mass is 10.4. The van der Waals surface area contributed by atoms with Gasteiger partial charge in [0.1, 0.15) is 4.90 Å². The lowest BCUT2D eigenvalue weighted by molar-refractivity contribution is 0.267. The van der Waals surface area contributed by atoms with Crippen molar-refractivity contribution in [3.63, 3.8) is 0 Å². The molecule has 0 aliphatic heterocycles. The Balaban J connectivity index is 2.40. The summed E-state index contributed by atoms with van der Waals surface area (Å²) in [5, 5.41) is 13.1. The first-order valence-corrected chi connectivity index (χ1v) is 7.51. The van der Waals surface area contributed by atoms with Crippen molar-refractivity contribution >= 4 is 15.7 Å². The van der Waals surface area contributed by atoms with Gasteiger partial charge in [0, 0.05) is 12.4 Å². The van der Waals surface area contributed by atoms with Gasteiger partial charge in [-0.05, 0) is 26.0 Å². The van der Waals surface area contributed by atoms with Gasteiger partial charge in [-0.3, -0.25) is 14.4 Å². The zero-order valence-electron chi connectivity index (χ0n) is 11.2. The van der Waals surface area contributed by atoms with E-state index < -0.39 is 10.0 Å². The quantitative estimate of drug-likeness (QED) is 0.846. The molecule has 0 bridgehead atoms. The number of nitrogens with zero attached hydrogens (tertiary/aromatic N) is 3. The molecule has 0 radical (unpaired) electrons. The number of anilines is 1. The minimum Gasteiger partial charge on any atom is -0.394 e. The molecular weight excluding hydrogens is 280 g/mol.